The summed E-state index contributed by atoms with van der Waals surface area (Å²) in [4.78, 5) is 47.1. The van der Waals surface area contributed by atoms with Crippen molar-refractivity contribution in [2.75, 3.05) is 12.3 Å². The summed E-state index contributed by atoms with van der Waals surface area (Å²) < 4.78 is 0. The van der Waals surface area contributed by atoms with Gasteiger partial charge in [0.2, 0.25) is 11.8 Å². The van der Waals surface area contributed by atoms with Crippen LogP contribution >= 0.6 is 0 Å². The van der Waals surface area contributed by atoms with E-state index < -0.39 is 34.9 Å². The van der Waals surface area contributed by atoms with Crippen molar-refractivity contribution in [2.24, 2.45) is 5.73 Å². The number of non-ortho nitro benzene ring substituents is 1. The summed E-state index contributed by atoms with van der Waals surface area (Å²) in [6.45, 7) is 1.92. The summed E-state index contributed by atoms with van der Waals surface area (Å²) in [6, 6.07) is 12.6. The van der Waals surface area contributed by atoms with E-state index in [0.717, 1.165) is 5.56 Å². The number of nitro benzene ring substituents is 1. The van der Waals surface area contributed by atoms with Gasteiger partial charge in [-0.2, -0.15) is 0 Å². The van der Waals surface area contributed by atoms with E-state index in [1.54, 1.807) is 0 Å². The summed E-state index contributed by atoms with van der Waals surface area (Å²) >= 11 is 0. The van der Waals surface area contributed by atoms with Crippen LogP contribution in [0, 0.1) is 10.1 Å². The van der Waals surface area contributed by atoms with Crippen LogP contribution in [-0.4, -0.2) is 57.4 Å². The van der Waals surface area contributed by atoms with Gasteiger partial charge in [0, 0.05) is 30.8 Å². The average Bonchev–Trinajstić information content (AvgIpc) is 3.30. The number of carbonyl (C=O) groups is 3. The number of rotatable bonds is 7. The number of hydrogen-bond acceptors (Lipinski definition) is 7. The molecule has 2 amide bonds. The van der Waals surface area contributed by atoms with Crippen molar-refractivity contribution >= 4 is 29.2 Å². The lowest BCUT2D eigenvalue weighted by atomic mass is 10.0. The molecule has 0 aliphatic carbocycles. The fraction of sp³-hybridized carbons (Fsp3) is 0.348. The summed E-state index contributed by atoms with van der Waals surface area (Å²) in [5.74, 6) is -1.83. The van der Waals surface area contributed by atoms with E-state index >= 15 is 0 Å². The molecule has 1 aliphatic rings. The molecule has 0 aromatic heterocycles. The minimum absolute atomic E-state index is 0.0641. The van der Waals surface area contributed by atoms with Gasteiger partial charge in [0.25, 0.3) is 5.69 Å². The van der Waals surface area contributed by atoms with Gasteiger partial charge in [-0.3, -0.25) is 19.7 Å². The maximum absolute atomic E-state index is 12.8. The van der Waals surface area contributed by atoms with Gasteiger partial charge >= 0.3 is 5.97 Å². The van der Waals surface area contributed by atoms with Crippen LogP contribution in [0.1, 0.15) is 25.3 Å². The normalized spacial score (nSPS) is 16.5. The second-order valence-corrected chi connectivity index (χ2v) is 7.92. The Labute approximate surface area is 196 Å². The zero-order valence-electron chi connectivity index (χ0n) is 18.8. The van der Waals surface area contributed by atoms with Crippen molar-refractivity contribution in [1.29, 1.82) is 0 Å². The van der Waals surface area contributed by atoms with Crippen molar-refractivity contribution in [3.63, 3.8) is 0 Å². The molecule has 3 atom stereocenters. The first kappa shape index (κ1) is 26.3. The third kappa shape index (κ3) is 7.55. The fourth-order valence-electron chi connectivity index (χ4n) is 3.44. The lowest BCUT2D eigenvalue weighted by molar-refractivity contribution is -0.384. The van der Waals surface area contributed by atoms with E-state index in [0.29, 0.717) is 31.5 Å². The number of aliphatic carboxylic acids is 1. The molecule has 2 aromatic rings. The molecule has 11 heteroatoms. The largest absolute Gasteiger partial charge is 0.480 e. The predicted molar refractivity (Wildman–Crippen MR) is 126 cm³/mol. The number of carboxylic acids is 1. The Kier molecular flexibility index (Phi) is 9.50. The highest BCUT2D eigenvalue weighted by Crippen LogP contribution is 2.19. The van der Waals surface area contributed by atoms with Crippen LogP contribution in [0.2, 0.25) is 0 Å². The molecule has 0 unspecified atom stereocenters. The highest BCUT2D eigenvalue weighted by Gasteiger charge is 2.37. The number of carboxylic acid groups (broad SMARTS) is 1. The first-order valence-electron chi connectivity index (χ1n) is 10.7. The highest BCUT2D eigenvalue weighted by molar-refractivity contribution is 5.92. The number of nitrogens with two attached hydrogens (primary N) is 2. The van der Waals surface area contributed by atoms with E-state index in [4.69, 9.17) is 11.5 Å². The number of nitrogens with one attached hydrogen (secondary N) is 1. The minimum atomic E-state index is -1.02. The minimum Gasteiger partial charge on any atom is -0.480 e. The maximum atomic E-state index is 12.8. The number of anilines is 1. The molecule has 0 bridgehead atoms. The summed E-state index contributed by atoms with van der Waals surface area (Å²) in [6.07, 6.45) is 1.36. The SMILES string of the molecule is C[C@H](N)C(=O)N[C@@H](Cc1ccccc1)C(=O)N1CCC[C@H]1C(=O)O.Nc1ccc([N+](=O)[O-])cc1. The van der Waals surface area contributed by atoms with Gasteiger partial charge < -0.3 is 26.8 Å². The van der Waals surface area contributed by atoms with Crippen molar-refractivity contribution in [2.45, 2.75) is 44.3 Å². The van der Waals surface area contributed by atoms with Gasteiger partial charge in [-0.15, -0.1) is 0 Å². The first-order chi connectivity index (χ1) is 16.1. The van der Waals surface area contributed by atoms with Gasteiger partial charge in [-0.05, 0) is 37.5 Å². The molecule has 6 N–H and O–H groups in total. The molecule has 2 aromatic carbocycles. The van der Waals surface area contributed by atoms with Gasteiger partial charge in [-0.1, -0.05) is 30.3 Å². The second-order valence-electron chi connectivity index (χ2n) is 7.92. The zero-order valence-corrected chi connectivity index (χ0v) is 18.8. The summed E-state index contributed by atoms with van der Waals surface area (Å²) in [7, 11) is 0. The number of nitrogen functional groups attached to an aromatic ring is 1. The Hall–Kier alpha value is -3.99. The number of nitro groups is 1. The Morgan fingerprint density at radius 1 is 1.18 bits per heavy atom. The molecular weight excluding hydrogens is 442 g/mol. The number of likely N-dealkylation sites (tertiary alicyclic amines) is 1. The Morgan fingerprint density at radius 3 is 2.32 bits per heavy atom. The summed E-state index contributed by atoms with van der Waals surface area (Å²) in [5, 5.41) is 22.0. The molecule has 1 aliphatic heterocycles. The number of carbonyl (C=O) groups excluding carboxylic acids is 2. The van der Waals surface area contributed by atoms with Gasteiger partial charge in [0.05, 0.1) is 11.0 Å². The Balaban J connectivity index is 0.000000340. The molecule has 1 fully saturated rings. The monoisotopic (exact) mass is 471 g/mol. The molecule has 182 valence electrons. The number of hydrogen-bond donors (Lipinski definition) is 4. The first-order valence-corrected chi connectivity index (χ1v) is 10.7. The van der Waals surface area contributed by atoms with Gasteiger partial charge in [-0.25, -0.2) is 4.79 Å². The average molecular weight is 472 g/mol. The lowest BCUT2D eigenvalue weighted by Gasteiger charge is -2.28. The number of nitrogens with zero attached hydrogens (tertiary/aromatic N) is 2. The molecule has 0 radical (unpaired) electrons. The van der Waals surface area contributed by atoms with Gasteiger partial charge in [0.1, 0.15) is 12.1 Å². The van der Waals surface area contributed by atoms with E-state index in [1.165, 1.54) is 36.1 Å². The second kappa shape index (κ2) is 12.3. The predicted octanol–water partition coefficient (Wildman–Crippen LogP) is 1.31. The van der Waals surface area contributed by atoms with Crippen molar-refractivity contribution < 1.29 is 24.4 Å². The third-order valence-corrected chi connectivity index (χ3v) is 5.24. The molecule has 1 saturated heterocycles. The quantitative estimate of drug-likeness (QED) is 0.265. The fourth-order valence-corrected chi connectivity index (χ4v) is 3.44. The Morgan fingerprint density at radius 2 is 1.79 bits per heavy atom. The molecule has 1 heterocycles. The highest BCUT2D eigenvalue weighted by atomic mass is 16.6. The van der Waals surface area contributed by atoms with E-state index in [1.807, 2.05) is 30.3 Å². The zero-order chi connectivity index (χ0) is 25.3. The third-order valence-electron chi connectivity index (χ3n) is 5.24. The lowest BCUT2D eigenvalue weighted by Crippen LogP contribution is -2.54. The Bertz CT molecular complexity index is 997. The van der Waals surface area contributed by atoms with Gasteiger partial charge in [0.15, 0.2) is 0 Å². The van der Waals surface area contributed by atoms with Crippen LogP contribution < -0.4 is 16.8 Å². The molecule has 3 rings (SSSR count). The van der Waals surface area contributed by atoms with Crippen molar-refractivity contribution in [3.05, 3.63) is 70.3 Å². The van der Waals surface area contributed by atoms with E-state index in [9.17, 15) is 29.6 Å². The molecule has 0 saturated carbocycles. The van der Waals surface area contributed by atoms with Crippen LogP contribution in [-0.2, 0) is 20.8 Å². The van der Waals surface area contributed by atoms with Crippen LogP contribution in [0.4, 0.5) is 11.4 Å². The topological polar surface area (TPSA) is 182 Å². The van der Waals surface area contributed by atoms with Crippen LogP contribution in [0.3, 0.4) is 0 Å². The maximum Gasteiger partial charge on any atom is 0.326 e. The number of amides is 2. The molecule has 11 nitrogen and oxygen atoms in total. The van der Waals surface area contributed by atoms with E-state index in [-0.39, 0.29) is 11.6 Å². The molecular formula is C23H29N5O6. The molecule has 0 spiro atoms. The summed E-state index contributed by atoms with van der Waals surface area (Å²) in [5.41, 5.74) is 12.4. The van der Waals surface area contributed by atoms with Crippen molar-refractivity contribution in [3.8, 4) is 0 Å². The van der Waals surface area contributed by atoms with Crippen LogP contribution in [0.5, 0.6) is 0 Å². The number of benzene rings is 2. The van der Waals surface area contributed by atoms with Crippen LogP contribution in [0.25, 0.3) is 0 Å². The smallest absolute Gasteiger partial charge is 0.326 e. The van der Waals surface area contributed by atoms with Crippen LogP contribution in [0.15, 0.2) is 54.6 Å². The van der Waals surface area contributed by atoms with E-state index in [2.05, 4.69) is 5.32 Å². The molecule has 34 heavy (non-hydrogen) atoms. The van der Waals surface area contributed by atoms with Crippen molar-refractivity contribution in [1.82, 2.24) is 10.2 Å². The standard InChI is InChI=1S/C17H23N3O4.C6H6N2O2/c1-11(18)15(21)19-13(10-12-6-3-2-4-7-12)16(22)20-9-5-8-14(20)17(23)24;7-5-1-3-6(4-2-5)8(9)10/h2-4,6-7,11,13-14H,5,8-10,18H2,1H3,(H,19,21)(H,23,24);1-4H,7H2/t11-,13-,14-;/m0./s1.